The zero-order valence-electron chi connectivity index (χ0n) is 11.2. The molecule has 1 heterocycles. The predicted molar refractivity (Wildman–Crippen MR) is 70.9 cm³/mol. The van der Waals surface area contributed by atoms with Crippen LogP contribution >= 0.6 is 0 Å². The second-order valence-electron chi connectivity index (χ2n) is 6.57. The van der Waals surface area contributed by atoms with Crippen LogP contribution in [0.15, 0.2) is 16.6 Å². The van der Waals surface area contributed by atoms with Gasteiger partial charge in [0, 0.05) is 6.21 Å². The lowest BCUT2D eigenvalue weighted by atomic mass is 9.84. The molecule has 2 unspecified atom stereocenters. The molecule has 0 aromatic carbocycles. The van der Waals surface area contributed by atoms with Crippen LogP contribution in [0, 0.1) is 17.3 Å². The molecule has 0 aromatic rings. The summed E-state index contributed by atoms with van der Waals surface area (Å²) in [4.78, 5) is 4.79. The zero-order valence-corrected chi connectivity index (χ0v) is 11.2. The number of hydrogen-bond acceptors (Lipinski definition) is 1. The van der Waals surface area contributed by atoms with E-state index in [0.29, 0.717) is 23.3 Å². The summed E-state index contributed by atoms with van der Waals surface area (Å²) in [5, 5.41) is 0. The summed E-state index contributed by atoms with van der Waals surface area (Å²) in [6, 6.07) is 0.573. The topological polar surface area (TPSA) is 12.4 Å². The van der Waals surface area contributed by atoms with E-state index in [1.165, 1.54) is 31.3 Å². The highest BCUT2D eigenvalue weighted by molar-refractivity contribution is 5.80. The lowest BCUT2D eigenvalue weighted by Crippen LogP contribution is -2.21. The van der Waals surface area contributed by atoms with Crippen molar-refractivity contribution in [2.45, 2.75) is 59.4 Å². The third-order valence-corrected chi connectivity index (χ3v) is 4.25. The first-order valence-electron chi connectivity index (χ1n) is 6.73. The Balaban J connectivity index is 2.12. The quantitative estimate of drug-likeness (QED) is 0.625. The Kier molecular flexibility index (Phi) is 3.23. The van der Waals surface area contributed by atoms with Crippen molar-refractivity contribution >= 4 is 6.21 Å². The molecule has 1 fully saturated rings. The van der Waals surface area contributed by atoms with Crippen molar-refractivity contribution in [3.63, 3.8) is 0 Å². The van der Waals surface area contributed by atoms with Gasteiger partial charge in [-0.25, -0.2) is 0 Å². The van der Waals surface area contributed by atoms with Gasteiger partial charge in [0.2, 0.25) is 0 Å². The van der Waals surface area contributed by atoms with Crippen LogP contribution < -0.4 is 0 Å². The number of nitrogens with zero attached hydrogens (tertiary/aromatic N) is 1. The van der Waals surface area contributed by atoms with Crippen molar-refractivity contribution in [1.29, 1.82) is 0 Å². The molecule has 90 valence electrons. The van der Waals surface area contributed by atoms with E-state index in [0.717, 1.165) is 0 Å². The Hall–Kier alpha value is -0.590. The van der Waals surface area contributed by atoms with Gasteiger partial charge >= 0.3 is 0 Å². The highest BCUT2D eigenvalue weighted by Gasteiger charge is 2.31. The summed E-state index contributed by atoms with van der Waals surface area (Å²) in [5.41, 5.74) is 1.97. The Bertz CT molecular complexity index is 309. The number of hydrogen-bond donors (Lipinski definition) is 0. The molecule has 0 aromatic heterocycles. The summed E-state index contributed by atoms with van der Waals surface area (Å²) in [6.45, 7) is 9.33. The van der Waals surface area contributed by atoms with E-state index in [1.807, 2.05) is 0 Å². The lowest BCUT2D eigenvalue weighted by molar-refractivity contribution is 0.311. The average Bonchev–Trinajstić information content (AvgIpc) is 2.38. The van der Waals surface area contributed by atoms with Gasteiger partial charge in [-0.1, -0.05) is 33.8 Å². The Morgan fingerprint density at radius 3 is 2.62 bits per heavy atom. The maximum Gasteiger partial charge on any atom is 0.0562 e. The lowest BCUT2D eigenvalue weighted by Gasteiger charge is -2.24. The number of rotatable bonds is 1. The maximum absolute atomic E-state index is 4.79. The van der Waals surface area contributed by atoms with Gasteiger partial charge in [0.05, 0.1) is 6.04 Å². The Labute approximate surface area is 100 Å². The van der Waals surface area contributed by atoms with Crippen molar-refractivity contribution in [3.8, 4) is 0 Å². The van der Waals surface area contributed by atoms with E-state index in [1.54, 1.807) is 0 Å². The first-order chi connectivity index (χ1) is 7.48. The molecule has 0 amide bonds. The minimum Gasteiger partial charge on any atom is -0.289 e. The highest BCUT2D eigenvalue weighted by Crippen LogP contribution is 2.39. The van der Waals surface area contributed by atoms with Gasteiger partial charge in [-0.2, -0.15) is 0 Å². The summed E-state index contributed by atoms with van der Waals surface area (Å²) in [7, 11) is 0. The van der Waals surface area contributed by atoms with E-state index in [4.69, 9.17) is 4.99 Å². The van der Waals surface area contributed by atoms with Gasteiger partial charge in [0.1, 0.15) is 0 Å². The normalized spacial score (nSPS) is 33.2. The molecule has 1 aliphatic carbocycles. The number of dihydropyridines is 1. The fraction of sp³-hybridized carbons (Fsp3) is 0.800. The molecule has 16 heavy (non-hydrogen) atoms. The standard InChI is InChI=1S/C15H25N/c1-11(2)13-9-12-5-7-15(3,4)8-6-14(12)16-10-13/h9-12,14H,5-8H2,1-4H3. The van der Waals surface area contributed by atoms with E-state index in [2.05, 4.69) is 40.0 Å². The zero-order chi connectivity index (χ0) is 11.8. The van der Waals surface area contributed by atoms with Crippen LogP contribution in [0.2, 0.25) is 0 Å². The number of fused-ring (bicyclic) bond motifs is 1. The van der Waals surface area contributed by atoms with Gasteiger partial charge in [-0.15, -0.1) is 0 Å². The number of allylic oxidation sites excluding steroid dienone is 1. The first-order valence-corrected chi connectivity index (χ1v) is 6.73. The van der Waals surface area contributed by atoms with Crippen LogP contribution in [0.3, 0.4) is 0 Å². The van der Waals surface area contributed by atoms with Crippen molar-refractivity contribution in [3.05, 3.63) is 11.6 Å². The molecule has 1 nitrogen and oxygen atoms in total. The van der Waals surface area contributed by atoms with Crippen LogP contribution in [-0.4, -0.2) is 12.3 Å². The molecule has 2 rings (SSSR count). The van der Waals surface area contributed by atoms with Crippen LogP contribution in [0.4, 0.5) is 0 Å². The van der Waals surface area contributed by atoms with Crippen molar-refractivity contribution < 1.29 is 0 Å². The second-order valence-corrected chi connectivity index (χ2v) is 6.57. The molecular formula is C15H25N. The molecule has 0 spiro atoms. The van der Waals surface area contributed by atoms with E-state index in [-0.39, 0.29) is 0 Å². The van der Waals surface area contributed by atoms with E-state index < -0.39 is 0 Å². The van der Waals surface area contributed by atoms with E-state index >= 15 is 0 Å². The maximum atomic E-state index is 4.79. The first kappa shape index (κ1) is 11.9. The van der Waals surface area contributed by atoms with Crippen molar-refractivity contribution in [2.75, 3.05) is 0 Å². The highest BCUT2D eigenvalue weighted by atomic mass is 14.8. The largest absolute Gasteiger partial charge is 0.289 e. The fourth-order valence-electron chi connectivity index (χ4n) is 2.82. The van der Waals surface area contributed by atoms with Gasteiger partial charge in [-0.3, -0.25) is 4.99 Å². The van der Waals surface area contributed by atoms with Crippen molar-refractivity contribution in [1.82, 2.24) is 0 Å². The van der Waals surface area contributed by atoms with Crippen LogP contribution in [0.1, 0.15) is 53.4 Å². The fourth-order valence-corrected chi connectivity index (χ4v) is 2.82. The second kappa shape index (κ2) is 4.35. The molecule has 1 heteroatoms. The average molecular weight is 219 g/mol. The monoisotopic (exact) mass is 219 g/mol. The molecule has 0 radical (unpaired) electrons. The van der Waals surface area contributed by atoms with Gasteiger partial charge < -0.3 is 0 Å². The van der Waals surface area contributed by atoms with Gasteiger partial charge in [-0.05, 0) is 48.5 Å². The summed E-state index contributed by atoms with van der Waals surface area (Å²) >= 11 is 0. The van der Waals surface area contributed by atoms with Crippen molar-refractivity contribution in [2.24, 2.45) is 22.2 Å². The third-order valence-electron chi connectivity index (χ3n) is 4.25. The van der Waals surface area contributed by atoms with E-state index in [9.17, 15) is 0 Å². The molecule has 1 saturated carbocycles. The van der Waals surface area contributed by atoms with Crippen LogP contribution in [-0.2, 0) is 0 Å². The van der Waals surface area contributed by atoms with Gasteiger partial charge in [0.25, 0.3) is 0 Å². The predicted octanol–water partition coefficient (Wildman–Crippen LogP) is 4.24. The molecule has 0 bridgehead atoms. The smallest absolute Gasteiger partial charge is 0.0562 e. The Morgan fingerprint density at radius 1 is 1.25 bits per heavy atom. The van der Waals surface area contributed by atoms with Crippen LogP contribution in [0.5, 0.6) is 0 Å². The molecular weight excluding hydrogens is 194 g/mol. The minimum atomic E-state index is 0.526. The number of aliphatic imine (C=N–C) groups is 1. The van der Waals surface area contributed by atoms with Gasteiger partial charge in [0.15, 0.2) is 0 Å². The molecule has 2 atom stereocenters. The molecule has 0 saturated heterocycles. The minimum absolute atomic E-state index is 0.526. The molecule has 2 aliphatic rings. The molecule has 1 aliphatic heterocycles. The van der Waals surface area contributed by atoms with Crippen LogP contribution in [0.25, 0.3) is 0 Å². The SMILES string of the molecule is CC(C)C1=CC2CCC(C)(C)CCC2N=C1. The summed E-state index contributed by atoms with van der Waals surface area (Å²) < 4.78 is 0. The molecule has 0 N–H and O–H groups in total. The summed E-state index contributed by atoms with van der Waals surface area (Å²) in [5.74, 6) is 1.34. The third kappa shape index (κ3) is 2.56. The summed E-state index contributed by atoms with van der Waals surface area (Å²) in [6.07, 6.45) is 9.91. The Morgan fingerprint density at radius 2 is 1.94 bits per heavy atom.